The van der Waals surface area contributed by atoms with Crippen LogP contribution in [0.25, 0.3) is 10.8 Å². The van der Waals surface area contributed by atoms with Crippen molar-refractivity contribution < 1.29 is 19.0 Å². The maximum absolute atomic E-state index is 11.7. The molecule has 0 aliphatic carbocycles. The van der Waals surface area contributed by atoms with Gasteiger partial charge in [-0.2, -0.15) is 0 Å². The summed E-state index contributed by atoms with van der Waals surface area (Å²) in [7, 11) is 0. The first-order valence-electron chi connectivity index (χ1n) is 12.3. The average Bonchev–Trinajstić information content (AvgIpc) is 3.64. The Hall–Kier alpha value is -3.75. The zero-order chi connectivity index (χ0) is 23.6. The maximum Gasteiger partial charge on any atom is 0.309 e. The number of anilines is 3. The minimum absolute atomic E-state index is 0.0502. The molecule has 2 N–H and O–H groups in total. The summed E-state index contributed by atoms with van der Waals surface area (Å²) in [5.41, 5.74) is 0.970. The number of carbonyl (C=O) groups is 1. The highest BCUT2D eigenvalue weighted by Crippen LogP contribution is 2.37. The smallest absolute Gasteiger partial charge is 0.309 e. The topological polar surface area (TPSA) is 97.8 Å². The van der Waals surface area contributed by atoms with E-state index in [-0.39, 0.29) is 17.9 Å². The van der Waals surface area contributed by atoms with Crippen LogP contribution in [0, 0.1) is 5.92 Å². The Balaban J connectivity index is 1.14. The first-order valence-corrected chi connectivity index (χ1v) is 12.3. The fraction of sp³-hybridized carbons (Fsp3) is 0.423. The molecule has 0 amide bonds. The lowest BCUT2D eigenvalue weighted by atomic mass is 10.1. The standard InChI is InChI=1S/C26H29N5O4/c32-26-18(9-12-34-26)8-11-33-20-7-6-17-3-1-5-22(21(17)13-20)35-14-19-4-2-10-31(19)25-23-24(28-15-27-23)29-16-30-25/h1,3,5-7,13,16,18-19,27H,2,4,8-12,14-15H2,(H,28,29,30)/t18?,19-/m1/s1. The number of ether oxygens (including phenoxy) is 3. The zero-order valence-electron chi connectivity index (χ0n) is 19.5. The first-order chi connectivity index (χ1) is 17.3. The maximum atomic E-state index is 11.7. The molecule has 2 saturated heterocycles. The summed E-state index contributed by atoms with van der Waals surface area (Å²) in [4.78, 5) is 22.9. The van der Waals surface area contributed by atoms with Gasteiger partial charge in [-0.05, 0) is 49.3 Å². The summed E-state index contributed by atoms with van der Waals surface area (Å²) in [6.07, 6.45) is 5.22. The summed E-state index contributed by atoms with van der Waals surface area (Å²) >= 11 is 0. The molecule has 0 spiro atoms. The van der Waals surface area contributed by atoms with Crippen LogP contribution in [0.1, 0.15) is 25.7 Å². The van der Waals surface area contributed by atoms with Gasteiger partial charge < -0.3 is 29.7 Å². The molecule has 6 rings (SSSR count). The van der Waals surface area contributed by atoms with E-state index in [4.69, 9.17) is 14.2 Å². The van der Waals surface area contributed by atoms with Crippen LogP contribution in [-0.2, 0) is 9.53 Å². The Morgan fingerprint density at radius 2 is 2.09 bits per heavy atom. The van der Waals surface area contributed by atoms with E-state index < -0.39 is 0 Å². The molecule has 182 valence electrons. The van der Waals surface area contributed by atoms with Crippen molar-refractivity contribution in [2.24, 2.45) is 5.92 Å². The molecule has 3 aromatic rings. The van der Waals surface area contributed by atoms with Gasteiger partial charge in [-0.3, -0.25) is 4.79 Å². The third kappa shape index (κ3) is 4.38. The van der Waals surface area contributed by atoms with E-state index in [0.29, 0.717) is 32.9 Å². The Bertz CT molecular complexity index is 1240. The van der Waals surface area contributed by atoms with Gasteiger partial charge in [0.15, 0.2) is 11.6 Å². The molecule has 2 aromatic carbocycles. The molecular weight excluding hydrogens is 446 g/mol. The number of hydrogen-bond donors (Lipinski definition) is 2. The molecule has 9 nitrogen and oxygen atoms in total. The third-order valence-corrected chi connectivity index (χ3v) is 7.02. The van der Waals surface area contributed by atoms with E-state index in [2.05, 4.69) is 31.6 Å². The van der Waals surface area contributed by atoms with Crippen LogP contribution in [0.5, 0.6) is 11.5 Å². The Kier molecular flexibility index (Phi) is 5.89. The summed E-state index contributed by atoms with van der Waals surface area (Å²) < 4.78 is 17.4. The summed E-state index contributed by atoms with van der Waals surface area (Å²) in [6.45, 7) is 3.19. The minimum atomic E-state index is -0.109. The predicted molar refractivity (Wildman–Crippen MR) is 133 cm³/mol. The fourth-order valence-electron chi connectivity index (χ4n) is 5.14. The van der Waals surface area contributed by atoms with E-state index in [1.807, 2.05) is 30.3 Å². The zero-order valence-corrected chi connectivity index (χ0v) is 19.5. The number of hydrogen-bond acceptors (Lipinski definition) is 9. The lowest BCUT2D eigenvalue weighted by Crippen LogP contribution is -2.35. The van der Waals surface area contributed by atoms with Gasteiger partial charge in [0.1, 0.15) is 30.1 Å². The number of esters is 1. The second-order valence-corrected chi connectivity index (χ2v) is 9.18. The highest BCUT2D eigenvalue weighted by molar-refractivity contribution is 5.89. The number of aromatic nitrogens is 2. The highest BCUT2D eigenvalue weighted by Gasteiger charge is 2.30. The van der Waals surface area contributed by atoms with E-state index >= 15 is 0 Å². The van der Waals surface area contributed by atoms with Crippen LogP contribution in [-0.4, -0.2) is 55.0 Å². The number of cyclic esters (lactones) is 1. The summed E-state index contributed by atoms with van der Waals surface area (Å²) in [5.74, 6) is 3.25. The Morgan fingerprint density at radius 3 is 3.00 bits per heavy atom. The van der Waals surface area contributed by atoms with Crippen LogP contribution in [0.15, 0.2) is 42.7 Å². The van der Waals surface area contributed by atoms with E-state index in [1.54, 1.807) is 6.33 Å². The van der Waals surface area contributed by atoms with E-state index in [0.717, 1.165) is 65.4 Å². The molecule has 4 heterocycles. The van der Waals surface area contributed by atoms with Gasteiger partial charge in [0.2, 0.25) is 0 Å². The van der Waals surface area contributed by atoms with Gasteiger partial charge in [0, 0.05) is 11.9 Å². The van der Waals surface area contributed by atoms with Crippen molar-refractivity contribution in [1.29, 1.82) is 0 Å². The second-order valence-electron chi connectivity index (χ2n) is 9.18. The molecule has 1 aromatic heterocycles. The third-order valence-electron chi connectivity index (χ3n) is 7.02. The quantitative estimate of drug-likeness (QED) is 0.471. The minimum Gasteiger partial charge on any atom is -0.494 e. The van der Waals surface area contributed by atoms with Gasteiger partial charge in [-0.25, -0.2) is 9.97 Å². The second kappa shape index (κ2) is 9.48. The molecular formula is C26H29N5O4. The fourth-order valence-corrected chi connectivity index (χ4v) is 5.14. The molecule has 2 atom stereocenters. The van der Waals surface area contributed by atoms with Gasteiger partial charge in [0.05, 0.1) is 31.8 Å². The number of carbonyl (C=O) groups excluding carboxylic acids is 1. The number of nitrogens with one attached hydrogen (secondary N) is 2. The van der Waals surface area contributed by atoms with Crippen LogP contribution < -0.4 is 25.0 Å². The number of benzene rings is 2. The van der Waals surface area contributed by atoms with Crippen molar-refractivity contribution >= 4 is 34.1 Å². The van der Waals surface area contributed by atoms with Crippen LogP contribution in [0.3, 0.4) is 0 Å². The van der Waals surface area contributed by atoms with E-state index in [9.17, 15) is 4.79 Å². The lowest BCUT2D eigenvalue weighted by Gasteiger charge is -2.27. The number of nitrogens with zero attached hydrogens (tertiary/aromatic N) is 3. The Labute approximate surface area is 203 Å². The molecule has 0 saturated carbocycles. The number of fused-ring (bicyclic) bond motifs is 2. The predicted octanol–water partition coefficient (Wildman–Crippen LogP) is 3.80. The van der Waals surface area contributed by atoms with Crippen molar-refractivity contribution in [3.8, 4) is 11.5 Å². The molecule has 2 fully saturated rings. The van der Waals surface area contributed by atoms with Crippen molar-refractivity contribution in [2.75, 3.05) is 48.6 Å². The summed E-state index contributed by atoms with van der Waals surface area (Å²) in [6, 6.07) is 12.4. The van der Waals surface area contributed by atoms with Gasteiger partial charge in [0.25, 0.3) is 0 Å². The van der Waals surface area contributed by atoms with Gasteiger partial charge in [-0.15, -0.1) is 0 Å². The van der Waals surface area contributed by atoms with Crippen LogP contribution in [0.2, 0.25) is 0 Å². The highest BCUT2D eigenvalue weighted by atomic mass is 16.5. The first kappa shape index (κ1) is 21.8. The lowest BCUT2D eigenvalue weighted by molar-refractivity contribution is -0.141. The molecule has 0 radical (unpaired) electrons. The average molecular weight is 476 g/mol. The van der Waals surface area contributed by atoms with Crippen molar-refractivity contribution in [3.63, 3.8) is 0 Å². The molecule has 0 bridgehead atoms. The van der Waals surface area contributed by atoms with Crippen molar-refractivity contribution in [3.05, 3.63) is 42.7 Å². The largest absolute Gasteiger partial charge is 0.494 e. The van der Waals surface area contributed by atoms with Crippen LogP contribution >= 0.6 is 0 Å². The Morgan fingerprint density at radius 1 is 1.11 bits per heavy atom. The number of rotatable bonds is 8. The van der Waals surface area contributed by atoms with Crippen LogP contribution in [0.4, 0.5) is 17.3 Å². The molecule has 3 aliphatic rings. The van der Waals surface area contributed by atoms with Crippen molar-refractivity contribution in [1.82, 2.24) is 9.97 Å². The molecule has 9 heteroatoms. The van der Waals surface area contributed by atoms with Gasteiger partial charge >= 0.3 is 5.97 Å². The van der Waals surface area contributed by atoms with E-state index in [1.165, 1.54) is 0 Å². The SMILES string of the molecule is O=C1OCCC1CCOc1ccc2cccc(OC[C@H]3CCCN3c3ncnc4c3NCN4)c2c1. The molecule has 35 heavy (non-hydrogen) atoms. The summed E-state index contributed by atoms with van der Waals surface area (Å²) in [5, 5.41) is 8.70. The van der Waals surface area contributed by atoms with Gasteiger partial charge in [-0.1, -0.05) is 18.2 Å². The molecule has 3 aliphatic heterocycles. The molecule has 1 unspecified atom stereocenters. The normalized spacial score (nSPS) is 20.9. The van der Waals surface area contributed by atoms with Crippen molar-refractivity contribution in [2.45, 2.75) is 31.7 Å². The monoisotopic (exact) mass is 475 g/mol.